The molecule has 1 saturated heterocycles. The Balaban J connectivity index is 2.01. The van der Waals surface area contributed by atoms with Gasteiger partial charge in [-0.2, -0.15) is 9.45 Å². The van der Waals surface area contributed by atoms with E-state index >= 15 is 0 Å². The van der Waals surface area contributed by atoms with Gasteiger partial charge in [0.15, 0.2) is 5.96 Å². The van der Waals surface area contributed by atoms with Crippen molar-refractivity contribution in [1.29, 1.82) is 5.41 Å². The number of hydrogen-bond acceptors (Lipinski definition) is 4. The Kier molecular flexibility index (Phi) is 3.90. The average Bonchev–Trinajstić information content (AvgIpc) is 2.53. The first-order chi connectivity index (χ1) is 9.63. The van der Waals surface area contributed by atoms with Crippen LogP contribution in [0.15, 0.2) is 18.3 Å². The monoisotopic (exact) mass is 295 g/mol. The zero-order chi connectivity index (χ0) is 15.8. The molecular formula is C14H22FN5O. The molecule has 2 rings (SSSR count). The zero-order valence-electron chi connectivity index (χ0n) is 12.7. The van der Waals surface area contributed by atoms with E-state index in [1.54, 1.807) is 0 Å². The minimum atomic E-state index is -0.561. The first-order valence-electron chi connectivity index (χ1n) is 6.86. The van der Waals surface area contributed by atoms with Crippen LogP contribution in [-0.4, -0.2) is 38.3 Å². The maximum atomic E-state index is 12.7. The summed E-state index contributed by atoms with van der Waals surface area (Å²) < 4.78 is 12.7. The molecule has 1 aromatic rings. The van der Waals surface area contributed by atoms with Gasteiger partial charge in [-0.3, -0.25) is 5.41 Å². The van der Waals surface area contributed by atoms with E-state index < -0.39 is 11.5 Å². The van der Waals surface area contributed by atoms with Crippen molar-refractivity contribution < 1.29 is 9.60 Å². The molecule has 1 aromatic heterocycles. The molecule has 0 amide bonds. The molecule has 0 saturated carbocycles. The van der Waals surface area contributed by atoms with Crippen LogP contribution in [0.5, 0.6) is 0 Å². The van der Waals surface area contributed by atoms with Crippen LogP contribution in [0, 0.1) is 11.4 Å². The molecule has 4 N–H and O–H groups in total. The third-order valence-electron chi connectivity index (χ3n) is 3.99. The molecule has 1 fully saturated rings. The summed E-state index contributed by atoms with van der Waals surface area (Å²) >= 11 is 0. The number of pyridine rings is 1. The molecule has 1 atom stereocenters. The van der Waals surface area contributed by atoms with Gasteiger partial charge in [0.1, 0.15) is 0 Å². The Labute approximate surface area is 123 Å². The lowest BCUT2D eigenvalue weighted by molar-refractivity contribution is -0.193. The summed E-state index contributed by atoms with van der Waals surface area (Å²) in [6.45, 7) is 7.76. The van der Waals surface area contributed by atoms with Crippen molar-refractivity contribution in [2.24, 2.45) is 0 Å². The van der Waals surface area contributed by atoms with Crippen LogP contribution < -0.4 is 10.6 Å². The van der Waals surface area contributed by atoms with Crippen molar-refractivity contribution in [2.45, 2.75) is 51.2 Å². The topological polar surface area (TPSA) is 84.3 Å². The Hall–Kier alpha value is -1.73. The fourth-order valence-electron chi connectivity index (χ4n) is 2.80. The third kappa shape index (κ3) is 3.14. The SMILES string of the molecule is CC1(C)CC(NC(=N)Nc2ccc(F)nc2)C(C)(C)N1O. The van der Waals surface area contributed by atoms with Gasteiger partial charge >= 0.3 is 0 Å². The molecule has 0 radical (unpaired) electrons. The second-order valence-corrected chi connectivity index (χ2v) is 6.55. The molecule has 1 aliphatic rings. The van der Waals surface area contributed by atoms with Crippen LogP contribution in [0.25, 0.3) is 0 Å². The van der Waals surface area contributed by atoms with Gasteiger partial charge in [-0.1, -0.05) is 0 Å². The van der Waals surface area contributed by atoms with Gasteiger partial charge in [-0.05, 0) is 46.2 Å². The number of nitrogens with zero attached hydrogens (tertiary/aromatic N) is 2. The van der Waals surface area contributed by atoms with Crippen molar-refractivity contribution in [3.63, 3.8) is 0 Å². The fourth-order valence-corrected chi connectivity index (χ4v) is 2.80. The summed E-state index contributed by atoms with van der Waals surface area (Å²) in [5, 5.41) is 25.4. The highest BCUT2D eigenvalue weighted by atomic mass is 19.1. The largest absolute Gasteiger partial charge is 0.352 e. The van der Waals surface area contributed by atoms with Crippen molar-refractivity contribution in [2.75, 3.05) is 5.32 Å². The van der Waals surface area contributed by atoms with E-state index in [-0.39, 0.29) is 17.5 Å². The van der Waals surface area contributed by atoms with Crippen LogP contribution in [-0.2, 0) is 0 Å². The fraction of sp³-hybridized carbons (Fsp3) is 0.571. The third-order valence-corrected chi connectivity index (χ3v) is 3.99. The number of hydrogen-bond donors (Lipinski definition) is 4. The Morgan fingerprint density at radius 2 is 2.10 bits per heavy atom. The molecule has 21 heavy (non-hydrogen) atoms. The first-order valence-corrected chi connectivity index (χ1v) is 6.86. The second-order valence-electron chi connectivity index (χ2n) is 6.55. The normalized spacial score (nSPS) is 23.8. The van der Waals surface area contributed by atoms with Crippen molar-refractivity contribution >= 4 is 11.6 Å². The average molecular weight is 295 g/mol. The Morgan fingerprint density at radius 1 is 1.43 bits per heavy atom. The van der Waals surface area contributed by atoms with Gasteiger partial charge in [0, 0.05) is 5.54 Å². The van der Waals surface area contributed by atoms with Crippen LogP contribution in [0.3, 0.4) is 0 Å². The predicted octanol–water partition coefficient (Wildman–Crippen LogP) is 2.18. The number of rotatable bonds is 2. The summed E-state index contributed by atoms with van der Waals surface area (Å²) in [5.41, 5.74) is -0.331. The van der Waals surface area contributed by atoms with E-state index in [1.165, 1.54) is 23.4 Å². The van der Waals surface area contributed by atoms with E-state index in [0.717, 1.165) is 0 Å². The van der Waals surface area contributed by atoms with Crippen LogP contribution in [0.1, 0.15) is 34.1 Å². The van der Waals surface area contributed by atoms with Crippen molar-refractivity contribution in [3.8, 4) is 0 Å². The van der Waals surface area contributed by atoms with E-state index in [4.69, 9.17) is 5.41 Å². The van der Waals surface area contributed by atoms with Gasteiger partial charge in [0.05, 0.1) is 23.5 Å². The highest BCUT2D eigenvalue weighted by Crippen LogP contribution is 2.38. The molecule has 0 spiro atoms. The van der Waals surface area contributed by atoms with Gasteiger partial charge < -0.3 is 15.8 Å². The molecule has 6 nitrogen and oxygen atoms in total. The zero-order valence-corrected chi connectivity index (χ0v) is 12.7. The Bertz CT molecular complexity index is 529. The van der Waals surface area contributed by atoms with E-state index in [9.17, 15) is 9.60 Å². The number of nitrogens with one attached hydrogen (secondary N) is 3. The molecule has 0 aliphatic carbocycles. The molecule has 2 heterocycles. The van der Waals surface area contributed by atoms with Crippen LogP contribution in [0.2, 0.25) is 0 Å². The first kappa shape index (κ1) is 15.7. The minimum absolute atomic E-state index is 0.0904. The summed E-state index contributed by atoms with van der Waals surface area (Å²) in [4.78, 5) is 3.53. The van der Waals surface area contributed by atoms with E-state index in [0.29, 0.717) is 12.1 Å². The van der Waals surface area contributed by atoms with Crippen LogP contribution >= 0.6 is 0 Å². The van der Waals surface area contributed by atoms with Crippen LogP contribution in [0.4, 0.5) is 10.1 Å². The molecule has 0 bridgehead atoms. The maximum Gasteiger partial charge on any atom is 0.212 e. The predicted molar refractivity (Wildman–Crippen MR) is 78.9 cm³/mol. The highest BCUT2D eigenvalue weighted by molar-refractivity contribution is 5.91. The lowest BCUT2D eigenvalue weighted by Gasteiger charge is -2.36. The van der Waals surface area contributed by atoms with Crippen molar-refractivity contribution in [3.05, 3.63) is 24.3 Å². The molecule has 116 valence electrons. The summed E-state index contributed by atoms with van der Waals surface area (Å²) in [7, 11) is 0. The minimum Gasteiger partial charge on any atom is -0.352 e. The summed E-state index contributed by atoms with van der Waals surface area (Å²) in [5.74, 6) is -0.470. The highest BCUT2D eigenvalue weighted by Gasteiger charge is 2.51. The lowest BCUT2D eigenvalue weighted by atomic mass is 9.94. The smallest absolute Gasteiger partial charge is 0.212 e. The second kappa shape index (κ2) is 5.23. The molecule has 1 unspecified atom stereocenters. The van der Waals surface area contributed by atoms with Crippen molar-refractivity contribution in [1.82, 2.24) is 15.4 Å². The number of halogens is 1. The van der Waals surface area contributed by atoms with Gasteiger partial charge in [0.25, 0.3) is 0 Å². The summed E-state index contributed by atoms with van der Waals surface area (Å²) in [6.07, 6.45) is 2.02. The number of guanidine groups is 1. The van der Waals surface area contributed by atoms with Gasteiger partial charge in [-0.25, -0.2) is 4.98 Å². The van der Waals surface area contributed by atoms with Gasteiger partial charge in [0.2, 0.25) is 5.95 Å². The molecule has 7 heteroatoms. The Morgan fingerprint density at radius 3 is 2.57 bits per heavy atom. The number of anilines is 1. The number of aromatic nitrogens is 1. The number of hydroxylamine groups is 2. The van der Waals surface area contributed by atoms with Gasteiger partial charge in [-0.15, -0.1) is 0 Å². The summed E-state index contributed by atoms with van der Waals surface area (Å²) in [6, 6.07) is 2.65. The lowest BCUT2D eigenvalue weighted by Crippen LogP contribution is -2.53. The van der Waals surface area contributed by atoms with E-state index in [2.05, 4.69) is 15.6 Å². The quantitative estimate of drug-likeness (QED) is 0.382. The molecule has 0 aromatic carbocycles. The maximum absolute atomic E-state index is 12.7. The standard InChI is InChI=1S/C14H22FN5O/c1-13(2)7-10(14(3,4)20(13)21)19-12(16)18-9-5-6-11(15)17-8-9/h5-6,8,10,21H,7H2,1-4H3,(H3,16,18,19). The van der Waals surface area contributed by atoms with E-state index in [1.807, 2.05) is 27.7 Å². The molecular weight excluding hydrogens is 273 g/mol. The molecule has 1 aliphatic heterocycles.